The van der Waals surface area contributed by atoms with Crippen LogP contribution in [-0.4, -0.2) is 24.6 Å². The molecule has 0 bridgehead atoms. The highest BCUT2D eigenvalue weighted by molar-refractivity contribution is 5.45. The van der Waals surface area contributed by atoms with Crippen LogP contribution in [0.3, 0.4) is 0 Å². The van der Waals surface area contributed by atoms with E-state index in [4.69, 9.17) is 4.84 Å². The van der Waals surface area contributed by atoms with E-state index in [9.17, 15) is 4.79 Å². The Kier molecular flexibility index (Phi) is 4.76. The fourth-order valence-electron chi connectivity index (χ4n) is 1.38. The van der Waals surface area contributed by atoms with Crippen LogP contribution in [0, 0.1) is 0 Å². The predicted octanol–water partition coefficient (Wildman–Crippen LogP) is 1.64. The van der Waals surface area contributed by atoms with Crippen molar-refractivity contribution in [3.63, 3.8) is 0 Å². The van der Waals surface area contributed by atoms with Crippen LogP contribution in [-0.2, 0) is 9.63 Å². The first-order chi connectivity index (χ1) is 5.93. The number of nitrogens with zero attached hydrogens (tertiary/aromatic N) is 1. The van der Waals surface area contributed by atoms with Gasteiger partial charge in [-0.1, -0.05) is 25.7 Å². The van der Waals surface area contributed by atoms with Gasteiger partial charge in [0.15, 0.2) is 0 Å². The summed E-state index contributed by atoms with van der Waals surface area (Å²) in [5.74, 6) is 0. The molecule has 1 amide bonds. The molecule has 1 radical (unpaired) electrons. The standard InChI is InChI=1S/C9H16NO2/c11-9-10-7-5-3-1-2-4-6-8-12-10/h1-8H2. The van der Waals surface area contributed by atoms with Gasteiger partial charge in [-0.2, -0.15) is 0 Å². The molecule has 1 aliphatic rings. The zero-order valence-corrected chi connectivity index (χ0v) is 7.42. The summed E-state index contributed by atoms with van der Waals surface area (Å²) in [5.41, 5.74) is 0. The maximum Gasteiger partial charge on any atom is 0.337 e. The van der Waals surface area contributed by atoms with Gasteiger partial charge in [0.05, 0.1) is 6.61 Å². The van der Waals surface area contributed by atoms with E-state index >= 15 is 0 Å². The number of amides is 1. The van der Waals surface area contributed by atoms with E-state index in [0.29, 0.717) is 13.2 Å². The van der Waals surface area contributed by atoms with Crippen LogP contribution in [0.5, 0.6) is 0 Å². The molecular weight excluding hydrogens is 154 g/mol. The minimum absolute atomic E-state index is 0.662. The monoisotopic (exact) mass is 170 g/mol. The van der Waals surface area contributed by atoms with Gasteiger partial charge in [-0.3, -0.25) is 9.63 Å². The Labute approximate surface area is 73.6 Å². The van der Waals surface area contributed by atoms with E-state index in [2.05, 4.69) is 0 Å². The van der Waals surface area contributed by atoms with Crippen LogP contribution in [0.15, 0.2) is 0 Å². The average Bonchev–Trinajstić information content (AvgIpc) is 2.14. The fourth-order valence-corrected chi connectivity index (χ4v) is 1.38. The summed E-state index contributed by atoms with van der Waals surface area (Å²) in [4.78, 5) is 15.5. The van der Waals surface area contributed by atoms with Gasteiger partial charge in [-0.15, -0.1) is 0 Å². The first kappa shape index (κ1) is 9.52. The Morgan fingerprint density at radius 2 is 1.67 bits per heavy atom. The van der Waals surface area contributed by atoms with Crippen molar-refractivity contribution in [2.45, 2.75) is 38.5 Å². The molecule has 1 heterocycles. The van der Waals surface area contributed by atoms with Gasteiger partial charge in [0.25, 0.3) is 0 Å². The summed E-state index contributed by atoms with van der Waals surface area (Å²) < 4.78 is 0. The van der Waals surface area contributed by atoms with Crippen molar-refractivity contribution >= 4 is 6.41 Å². The maximum absolute atomic E-state index is 10.3. The first-order valence-electron chi connectivity index (χ1n) is 4.72. The van der Waals surface area contributed by atoms with Crippen molar-refractivity contribution in [2.75, 3.05) is 13.2 Å². The van der Waals surface area contributed by atoms with Crippen LogP contribution in [0.1, 0.15) is 38.5 Å². The smallest absolute Gasteiger partial charge is 0.271 e. The van der Waals surface area contributed by atoms with E-state index in [1.165, 1.54) is 30.7 Å². The zero-order chi connectivity index (χ0) is 8.65. The van der Waals surface area contributed by atoms with Crippen LogP contribution in [0.2, 0.25) is 0 Å². The molecule has 0 atom stereocenters. The van der Waals surface area contributed by atoms with Gasteiger partial charge < -0.3 is 0 Å². The molecule has 1 rings (SSSR count). The lowest BCUT2D eigenvalue weighted by Crippen LogP contribution is -2.24. The Bertz CT molecular complexity index is 118. The van der Waals surface area contributed by atoms with Crippen molar-refractivity contribution < 1.29 is 9.63 Å². The van der Waals surface area contributed by atoms with Crippen molar-refractivity contribution in [3.05, 3.63) is 0 Å². The van der Waals surface area contributed by atoms with Crippen LogP contribution < -0.4 is 0 Å². The highest BCUT2D eigenvalue weighted by atomic mass is 16.7. The molecule has 0 aliphatic carbocycles. The molecule has 1 aliphatic heterocycles. The molecule has 0 aromatic carbocycles. The van der Waals surface area contributed by atoms with Crippen molar-refractivity contribution in [2.24, 2.45) is 0 Å². The fraction of sp³-hybridized carbons (Fsp3) is 0.889. The molecule has 0 aromatic heterocycles. The predicted molar refractivity (Wildman–Crippen MR) is 46.1 cm³/mol. The Hall–Kier alpha value is -0.570. The van der Waals surface area contributed by atoms with Crippen molar-refractivity contribution in [1.29, 1.82) is 0 Å². The largest absolute Gasteiger partial charge is 0.337 e. The van der Waals surface area contributed by atoms with E-state index in [1.807, 2.05) is 0 Å². The van der Waals surface area contributed by atoms with Gasteiger partial charge in [0, 0.05) is 6.54 Å². The average molecular weight is 170 g/mol. The highest BCUT2D eigenvalue weighted by Crippen LogP contribution is 2.08. The molecule has 0 N–H and O–H groups in total. The molecule has 3 heteroatoms. The number of rotatable bonds is 1. The minimum atomic E-state index is 0.662. The lowest BCUT2D eigenvalue weighted by atomic mass is 10.1. The van der Waals surface area contributed by atoms with Crippen LogP contribution in [0.4, 0.5) is 0 Å². The summed E-state index contributed by atoms with van der Waals surface area (Å²) in [5, 5.41) is 1.30. The van der Waals surface area contributed by atoms with E-state index in [-0.39, 0.29) is 0 Å². The third-order valence-corrected chi connectivity index (χ3v) is 2.10. The normalized spacial score (nSPS) is 21.8. The molecule has 0 aromatic rings. The van der Waals surface area contributed by atoms with Crippen molar-refractivity contribution in [3.8, 4) is 0 Å². The van der Waals surface area contributed by atoms with Gasteiger partial charge in [-0.25, -0.2) is 5.06 Å². The molecule has 69 valence electrons. The molecule has 0 spiro atoms. The summed E-state index contributed by atoms with van der Waals surface area (Å²) in [6, 6.07) is 0. The topological polar surface area (TPSA) is 29.5 Å². The van der Waals surface area contributed by atoms with Crippen molar-refractivity contribution in [1.82, 2.24) is 5.06 Å². The summed E-state index contributed by atoms with van der Waals surface area (Å²) >= 11 is 0. The third kappa shape index (κ3) is 3.72. The molecule has 3 nitrogen and oxygen atoms in total. The lowest BCUT2D eigenvalue weighted by Gasteiger charge is -2.16. The summed E-state index contributed by atoms with van der Waals surface area (Å²) in [7, 11) is 0. The summed E-state index contributed by atoms with van der Waals surface area (Å²) in [6.45, 7) is 1.36. The molecular formula is C9H16NO2. The zero-order valence-electron chi connectivity index (χ0n) is 7.42. The minimum Gasteiger partial charge on any atom is -0.271 e. The second-order valence-corrected chi connectivity index (χ2v) is 3.15. The van der Waals surface area contributed by atoms with E-state index in [0.717, 1.165) is 12.8 Å². The van der Waals surface area contributed by atoms with Gasteiger partial charge in [0.1, 0.15) is 0 Å². The van der Waals surface area contributed by atoms with E-state index in [1.54, 1.807) is 6.41 Å². The SMILES string of the molecule is O=[C]N1CCCCCCCCO1. The Morgan fingerprint density at radius 1 is 1.00 bits per heavy atom. The maximum atomic E-state index is 10.3. The van der Waals surface area contributed by atoms with Gasteiger partial charge >= 0.3 is 6.41 Å². The van der Waals surface area contributed by atoms with Gasteiger partial charge in [0.2, 0.25) is 0 Å². The molecule has 1 saturated heterocycles. The van der Waals surface area contributed by atoms with E-state index < -0.39 is 0 Å². The number of carbonyl (C=O) groups excluding carboxylic acids is 1. The Morgan fingerprint density at radius 3 is 2.42 bits per heavy atom. The van der Waals surface area contributed by atoms with Gasteiger partial charge in [-0.05, 0) is 12.8 Å². The quantitative estimate of drug-likeness (QED) is 0.598. The Balaban J connectivity index is 2.21. The van der Waals surface area contributed by atoms with Crippen LogP contribution in [0.25, 0.3) is 0 Å². The highest BCUT2D eigenvalue weighted by Gasteiger charge is 2.04. The lowest BCUT2D eigenvalue weighted by molar-refractivity contribution is -0.103. The molecule has 0 unspecified atom stereocenters. The number of hydrogen-bond acceptors (Lipinski definition) is 2. The third-order valence-electron chi connectivity index (χ3n) is 2.10. The second-order valence-electron chi connectivity index (χ2n) is 3.15. The molecule has 12 heavy (non-hydrogen) atoms. The first-order valence-corrected chi connectivity index (χ1v) is 4.72. The summed E-state index contributed by atoms with van der Waals surface area (Å²) in [6.07, 6.45) is 8.87. The number of hydroxylamine groups is 2. The number of hydrogen-bond donors (Lipinski definition) is 0. The molecule has 1 fully saturated rings. The second kappa shape index (κ2) is 6.00. The van der Waals surface area contributed by atoms with Crippen LogP contribution >= 0.6 is 0 Å². The molecule has 0 saturated carbocycles.